The fraction of sp³-hybridized carbons (Fsp3) is 0.292. The molecule has 5 rings (SSSR count). The van der Waals surface area contributed by atoms with Crippen molar-refractivity contribution in [1.82, 2.24) is 24.6 Å². The Balaban J connectivity index is 1.44. The maximum Gasteiger partial charge on any atom is 0.326 e. The van der Waals surface area contributed by atoms with Crippen molar-refractivity contribution in [2.24, 2.45) is 0 Å². The van der Waals surface area contributed by atoms with Crippen LogP contribution >= 0.6 is 0 Å². The topological polar surface area (TPSA) is 120 Å². The van der Waals surface area contributed by atoms with Crippen molar-refractivity contribution < 1.29 is 16.1 Å². The Hall–Kier alpha value is -4.25. The lowest BCUT2D eigenvalue weighted by Gasteiger charge is -2.43. The summed E-state index contributed by atoms with van der Waals surface area (Å²) in [4.78, 5) is 39.4. The summed E-state index contributed by atoms with van der Waals surface area (Å²) < 4.78 is 11.0. The van der Waals surface area contributed by atoms with Crippen LogP contribution in [-0.4, -0.2) is 61.9 Å². The van der Waals surface area contributed by atoms with E-state index in [1.165, 1.54) is 15.9 Å². The van der Waals surface area contributed by atoms with E-state index in [-0.39, 0.29) is 38.1 Å². The maximum absolute atomic E-state index is 13.5. The number of benzene rings is 1. The van der Waals surface area contributed by atoms with Gasteiger partial charge in [0.05, 0.1) is 39.0 Å². The maximum atomic E-state index is 13.5. The zero-order chi connectivity index (χ0) is 25.4. The second kappa shape index (κ2) is 9.18. The highest BCUT2D eigenvalue weighted by atomic mass is 16.3. The molecule has 35 heavy (non-hydrogen) atoms. The third-order valence-electron chi connectivity index (χ3n) is 6.07. The van der Waals surface area contributed by atoms with Gasteiger partial charge in [-0.3, -0.25) is 14.4 Å². The summed E-state index contributed by atoms with van der Waals surface area (Å²) in [6.45, 7) is 4.37. The minimum absolute atomic E-state index is 0.0234. The molecule has 2 aromatic heterocycles. The van der Waals surface area contributed by atoms with E-state index < -0.39 is 6.02 Å². The molecule has 180 valence electrons. The Kier molecular flexibility index (Phi) is 5.59. The summed E-state index contributed by atoms with van der Waals surface area (Å²) in [5.41, 5.74) is 2.53. The Morgan fingerprint density at radius 2 is 2.20 bits per heavy atom. The van der Waals surface area contributed by atoms with E-state index in [4.69, 9.17) is 5.11 Å². The number of hydrogen-bond acceptors (Lipinski definition) is 7. The molecule has 0 saturated heterocycles. The van der Waals surface area contributed by atoms with Crippen LogP contribution in [0, 0.1) is 0 Å². The van der Waals surface area contributed by atoms with Crippen molar-refractivity contribution in [3.63, 3.8) is 0 Å². The van der Waals surface area contributed by atoms with E-state index in [9.17, 15) is 11.0 Å². The van der Waals surface area contributed by atoms with Gasteiger partial charge in [0.25, 0.3) is 0 Å². The second-order valence-electron chi connectivity index (χ2n) is 8.22. The molecule has 0 bridgehead atoms. The number of aromatic nitrogens is 4. The molecule has 4 heterocycles. The molecule has 2 aliphatic heterocycles. The minimum atomic E-state index is -1.38. The Morgan fingerprint density at radius 3 is 3.00 bits per heavy atom. The Labute approximate surface area is 203 Å². The fourth-order valence-corrected chi connectivity index (χ4v) is 4.41. The van der Waals surface area contributed by atoms with Crippen molar-refractivity contribution in [3.05, 3.63) is 66.6 Å². The molecule has 1 unspecified atom stereocenters. The van der Waals surface area contributed by atoms with E-state index in [1.54, 1.807) is 53.4 Å². The number of nitrogens with one attached hydrogen (secondary N) is 1. The van der Waals surface area contributed by atoms with Gasteiger partial charge in [-0.2, -0.15) is 10.1 Å². The number of hydrogen-bond donors (Lipinski definition) is 2. The Morgan fingerprint density at radius 1 is 1.37 bits per heavy atom. The molecule has 0 fully saturated rings. The van der Waals surface area contributed by atoms with Crippen LogP contribution in [0.3, 0.4) is 0 Å². The molecule has 2 aliphatic rings. The summed E-state index contributed by atoms with van der Waals surface area (Å²) in [6, 6.07) is 5.44. The van der Waals surface area contributed by atoms with Crippen molar-refractivity contribution >= 4 is 35.1 Å². The Bertz CT molecular complexity index is 1340. The van der Waals surface area contributed by atoms with Crippen LogP contribution < -0.4 is 15.1 Å². The van der Waals surface area contributed by atoms with Crippen LogP contribution in [-0.2, 0) is 17.9 Å². The van der Waals surface area contributed by atoms with E-state index in [0.29, 0.717) is 40.8 Å². The van der Waals surface area contributed by atoms with Crippen LogP contribution in [0.15, 0.2) is 55.5 Å². The molecular formula is C24H26N8O3. The highest BCUT2D eigenvalue weighted by molar-refractivity contribution is 6.02. The number of urea groups is 1. The molecule has 0 spiro atoms. The number of carbonyl (C=O) groups is 2. The average Bonchev–Trinajstić information content (AvgIpc) is 3.33. The summed E-state index contributed by atoms with van der Waals surface area (Å²) in [5.74, 6) is 0.507. The molecule has 11 nitrogen and oxygen atoms in total. The standard InChI is InChI=1S/C24H26N8O3/c1-3-21(34)31-9-8-20(18-6-4-5-7-19(18)31)32-14-16-12-25-23(28-22(16)29(2)24(32)35)27-17-13-26-30(15-17)10-11-33/h3-7,12-13,15,20,33H,1,8-11,14H2,2H3,(H,25,27,28)/i20D. The number of amides is 3. The molecule has 0 radical (unpaired) electrons. The predicted molar refractivity (Wildman–Crippen MR) is 130 cm³/mol. The zero-order valence-corrected chi connectivity index (χ0v) is 19.3. The quantitative estimate of drug-likeness (QED) is 0.526. The molecule has 11 heteroatoms. The molecule has 3 aromatic rings. The summed E-state index contributed by atoms with van der Waals surface area (Å²) >= 11 is 0. The van der Waals surface area contributed by atoms with Gasteiger partial charge in [-0.05, 0) is 24.1 Å². The van der Waals surface area contributed by atoms with Gasteiger partial charge in [0.2, 0.25) is 11.9 Å². The number of nitrogens with zero attached hydrogens (tertiary/aromatic N) is 7. The zero-order valence-electron chi connectivity index (χ0n) is 20.3. The van der Waals surface area contributed by atoms with Crippen LogP contribution in [0.4, 0.5) is 27.9 Å². The monoisotopic (exact) mass is 475 g/mol. The highest BCUT2D eigenvalue weighted by Gasteiger charge is 2.38. The van der Waals surface area contributed by atoms with Gasteiger partial charge in [-0.1, -0.05) is 24.8 Å². The molecule has 0 saturated carbocycles. The van der Waals surface area contributed by atoms with Crippen LogP contribution in [0.2, 0.25) is 0 Å². The third-order valence-corrected chi connectivity index (χ3v) is 6.07. The summed E-state index contributed by atoms with van der Waals surface area (Å²) in [7, 11) is 1.62. The lowest BCUT2D eigenvalue weighted by molar-refractivity contribution is -0.114. The lowest BCUT2D eigenvalue weighted by atomic mass is 9.94. The average molecular weight is 476 g/mol. The van der Waals surface area contributed by atoms with Gasteiger partial charge in [0.1, 0.15) is 5.82 Å². The second-order valence-corrected chi connectivity index (χ2v) is 8.22. The van der Waals surface area contributed by atoms with Gasteiger partial charge in [-0.15, -0.1) is 0 Å². The van der Waals surface area contributed by atoms with Crippen molar-refractivity contribution in [3.8, 4) is 0 Å². The van der Waals surface area contributed by atoms with Gasteiger partial charge in [0.15, 0.2) is 0 Å². The number of fused-ring (bicyclic) bond motifs is 2. The minimum Gasteiger partial charge on any atom is -0.394 e. The van der Waals surface area contributed by atoms with Crippen LogP contribution in [0.1, 0.15) is 24.9 Å². The van der Waals surface area contributed by atoms with Crippen LogP contribution in [0.5, 0.6) is 0 Å². The number of carbonyl (C=O) groups excluding carboxylic acids is 2. The van der Waals surface area contributed by atoms with E-state index in [2.05, 4.69) is 27.0 Å². The highest BCUT2D eigenvalue weighted by Crippen LogP contribution is 2.41. The molecule has 1 atom stereocenters. The van der Waals surface area contributed by atoms with E-state index in [0.717, 1.165) is 0 Å². The van der Waals surface area contributed by atoms with Gasteiger partial charge >= 0.3 is 6.03 Å². The van der Waals surface area contributed by atoms with Crippen molar-refractivity contribution in [1.29, 1.82) is 0 Å². The first-order chi connectivity index (χ1) is 17.4. The molecular weight excluding hydrogens is 448 g/mol. The van der Waals surface area contributed by atoms with E-state index >= 15 is 0 Å². The van der Waals surface area contributed by atoms with Gasteiger partial charge in [0, 0.05) is 37.2 Å². The first-order valence-electron chi connectivity index (χ1n) is 11.7. The van der Waals surface area contributed by atoms with Gasteiger partial charge in [-0.25, -0.2) is 9.78 Å². The normalized spacial score (nSPS) is 19.7. The van der Waals surface area contributed by atoms with Crippen molar-refractivity contribution in [2.75, 3.05) is 35.3 Å². The first kappa shape index (κ1) is 21.3. The molecule has 0 aliphatic carbocycles. The number of rotatable bonds is 6. The largest absolute Gasteiger partial charge is 0.394 e. The third kappa shape index (κ3) is 4.10. The van der Waals surface area contributed by atoms with Crippen molar-refractivity contribution in [2.45, 2.75) is 25.5 Å². The smallest absolute Gasteiger partial charge is 0.326 e. The van der Waals surface area contributed by atoms with Crippen LogP contribution in [0.25, 0.3) is 0 Å². The number of aliphatic hydroxyl groups excluding tert-OH is 1. The number of anilines is 4. The fourth-order valence-electron chi connectivity index (χ4n) is 4.41. The lowest BCUT2D eigenvalue weighted by Crippen LogP contribution is -2.49. The molecule has 3 amide bonds. The SMILES string of the molecule is [2H]C1(N2Cc3cnc(Nc4cnn(CCO)c4)nc3N(C)C2=O)CCN(C(=O)C=C)c2ccccc21. The van der Waals surface area contributed by atoms with E-state index in [1.807, 2.05) is 6.07 Å². The predicted octanol–water partition coefficient (Wildman–Crippen LogP) is 2.44. The van der Waals surface area contributed by atoms with Gasteiger partial charge < -0.3 is 20.2 Å². The molecule has 2 N–H and O–H groups in total. The number of aliphatic hydroxyl groups is 1. The first-order valence-corrected chi connectivity index (χ1v) is 11.2. The molecule has 1 aromatic carbocycles. The summed E-state index contributed by atoms with van der Waals surface area (Å²) in [5, 5.41) is 16.3. The summed E-state index contributed by atoms with van der Waals surface area (Å²) in [6.07, 6.45) is 6.46. The number of para-hydroxylation sites is 1.